The number of alkyl halides is 3. The molecule has 0 aliphatic carbocycles. The fourth-order valence-electron chi connectivity index (χ4n) is 1.99. The van der Waals surface area contributed by atoms with Crippen LogP contribution in [-0.4, -0.2) is 17.8 Å². The lowest BCUT2D eigenvalue weighted by atomic mass is 10.0. The van der Waals surface area contributed by atoms with E-state index in [0.717, 1.165) is 0 Å². The van der Waals surface area contributed by atoms with Gasteiger partial charge in [0.1, 0.15) is 0 Å². The summed E-state index contributed by atoms with van der Waals surface area (Å²) in [6, 6.07) is 3.74. The molecule has 0 radical (unpaired) electrons. The molecule has 0 fully saturated rings. The number of rotatable bonds is 3. The van der Waals surface area contributed by atoms with Crippen LogP contribution in [0.1, 0.15) is 18.0 Å². The van der Waals surface area contributed by atoms with Crippen molar-refractivity contribution in [3.05, 3.63) is 34.3 Å². The molecule has 0 saturated heterocycles. The Balaban J connectivity index is 2.41. The van der Waals surface area contributed by atoms with E-state index in [9.17, 15) is 18.0 Å². The molecule has 4 nitrogen and oxygen atoms in total. The molecule has 1 unspecified atom stereocenters. The first-order valence-electron chi connectivity index (χ1n) is 5.65. The van der Waals surface area contributed by atoms with Crippen LogP contribution in [0.5, 0.6) is 0 Å². The predicted octanol–water partition coefficient (Wildman–Crippen LogP) is 2.34. The van der Waals surface area contributed by atoms with E-state index in [0.29, 0.717) is 11.1 Å². The molecular formula is C12H13F3N2O2. The maximum atomic E-state index is 12.4. The van der Waals surface area contributed by atoms with Gasteiger partial charge in [0.15, 0.2) is 5.58 Å². The minimum Gasteiger partial charge on any atom is -0.408 e. The maximum Gasteiger partial charge on any atom is 0.419 e. The van der Waals surface area contributed by atoms with E-state index >= 15 is 0 Å². The van der Waals surface area contributed by atoms with Crippen LogP contribution >= 0.6 is 0 Å². The molecule has 0 aliphatic heterocycles. The fraction of sp³-hybridized carbons (Fsp3) is 0.417. The molecule has 0 aliphatic rings. The second-order valence-corrected chi connectivity index (χ2v) is 4.31. The van der Waals surface area contributed by atoms with Crippen molar-refractivity contribution in [3.63, 3.8) is 0 Å². The normalized spacial score (nSPS) is 13.9. The minimum absolute atomic E-state index is 0.285. The lowest BCUT2D eigenvalue weighted by molar-refractivity contribution is -0.140. The topological polar surface area (TPSA) is 47.2 Å². The fourth-order valence-corrected chi connectivity index (χ4v) is 1.99. The van der Waals surface area contributed by atoms with Gasteiger partial charge in [0, 0.05) is 13.1 Å². The first-order chi connectivity index (χ1) is 8.81. The predicted molar refractivity (Wildman–Crippen MR) is 63.9 cm³/mol. The van der Waals surface area contributed by atoms with Gasteiger partial charge in [-0.3, -0.25) is 4.57 Å². The Morgan fingerprint density at radius 1 is 1.42 bits per heavy atom. The highest BCUT2D eigenvalue weighted by atomic mass is 19.4. The Morgan fingerprint density at radius 3 is 2.68 bits per heavy atom. The van der Waals surface area contributed by atoms with Crippen LogP contribution in [0.25, 0.3) is 11.1 Å². The first-order valence-corrected chi connectivity index (χ1v) is 5.65. The van der Waals surface area contributed by atoms with Crippen molar-refractivity contribution in [3.8, 4) is 0 Å². The van der Waals surface area contributed by atoms with Crippen LogP contribution in [0.3, 0.4) is 0 Å². The quantitative estimate of drug-likeness (QED) is 0.934. The van der Waals surface area contributed by atoms with Gasteiger partial charge in [0.05, 0.1) is 11.9 Å². The Hall–Kier alpha value is -1.76. The third kappa shape index (κ3) is 2.81. The van der Waals surface area contributed by atoms with Gasteiger partial charge in [0.25, 0.3) is 0 Å². The number of oxazole rings is 1. The standard InChI is InChI=1S/C12H13F3N2O2/c1-16-8(6-12(13,14)15)7-3-4-9-10(5-7)19-11(18)17(9)2/h3-5,8,16H,6H2,1-2H3. The number of fused-ring (bicyclic) bond motifs is 1. The molecule has 0 spiro atoms. The maximum absolute atomic E-state index is 12.4. The van der Waals surface area contributed by atoms with Crippen LogP contribution in [0.2, 0.25) is 0 Å². The van der Waals surface area contributed by atoms with E-state index in [2.05, 4.69) is 5.32 Å². The molecule has 1 aromatic heterocycles. The lowest BCUT2D eigenvalue weighted by Crippen LogP contribution is -2.23. The Kier molecular flexibility index (Phi) is 3.40. The number of nitrogens with one attached hydrogen (secondary N) is 1. The molecular weight excluding hydrogens is 261 g/mol. The van der Waals surface area contributed by atoms with Gasteiger partial charge >= 0.3 is 11.9 Å². The number of hydrogen-bond acceptors (Lipinski definition) is 3. The monoisotopic (exact) mass is 274 g/mol. The van der Waals surface area contributed by atoms with Gasteiger partial charge in [-0.1, -0.05) is 6.07 Å². The van der Waals surface area contributed by atoms with Crippen LogP contribution < -0.4 is 11.1 Å². The molecule has 19 heavy (non-hydrogen) atoms. The second-order valence-electron chi connectivity index (χ2n) is 4.31. The Labute approximate surface area is 106 Å². The summed E-state index contributed by atoms with van der Waals surface area (Å²) in [7, 11) is 3.00. The largest absolute Gasteiger partial charge is 0.419 e. The van der Waals surface area contributed by atoms with E-state index in [1.165, 1.54) is 17.7 Å². The molecule has 2 rings (SSSR count). The summed E-state index contributed by atoms with van der Waals surface area (Å²) in [6.45, 7) is 0. The van der Waals surface area contributed by atoms with Crippen molar-refractivity contribution in [2.24, 2.45) is 7.05 Å². The highest BCUT2D eigenvalue weighted by Gasteiger charge is 2.32. The van der Waals surface area contributed by atoms with E-state index in [1.54, 1.807) is 19.2 Å². The smallest absolute Gasteiger partial charge is 0.408 e. The summed E-state index contributed by atoms with van der Waals surface area (Å²) in [5, 5.41) is 2.61. The molecule has 1 atom stereocenters. The van der Waals surface area contributed by atoms with Gasteiger partial charge in [0.2, 0.25) is 0 Å². The number of nitrogens with zero attached hydrogens (tertiary/aromatic N) is 1. The molecule has 0 bridgehead atoms. The lowest BCUT2D eigenvalue weighted by Gasteiger charge is -2.18. The van der Waals surface area contributed by atoms with Gasteiger partial charge in [-0.15, -0.1) is 0 Å². The van der Waals surface area contributed by atoms with Crippen molar-refractivity contribution in [1.82, 2.24) is 9.88 Å². The van der Waals surface area contributed by atoms with Crippen molar-refractivity contribution in [2.75, 3.05) is 7.05 Å². The van der Waals surface area contributed by atoms with E-state index in [-0.39, 0.29) is 5.58 Å². The zero-order chi connectivity index (χ0) is 14.2. The Bertz CT molecular complexity index is 642. The number of aryl methyl sites for hydroxylation is 1. The molecule has 1 N–H and O–H groups in total. The van der Waals surface area contributed by atoms with Gasteiger partial charge in [-0.25, -0.2) is 4.79 Å². The number of benzene rings is 1. The highest BCUT2D eigenvalue weighted by Crippen LogP contribution is 2.30. The average molecular weight is 274 g/mol. The number of halogens is 3. The second kappa shape index (κ2) is 4.73. The third-order valence-corrected chi connectivity index (χ3v) is 3.00. The van der Waals surface area contributed by atoms with Crippen LogP contribution in [0, 0.1) is 0 Å². The zero-order valence-corrected chi connectivity index (χ0v) is 10.4. The summed E-state index contributed by atoms with van der Waals surface area (Å²) < 4.78 is 43.6. The van der Waals surface area contributed by atoms with E-state index < -0.39 is 24.4 Å². The van der Waals surface area contributed by atoms with Crippen molar-refractivity contribution in [2.45, 2.75) is 18.6 Å². The number of hydrogen-bond donors (Lipinski definition) is 1. The summed E-state index contributed by atoms with van der Waals surface area (Å²) in [4.78, 5) is 11.3. The van der Waals surface area contributed by atoms with Crippen molar-refractivity contribution >= 4 is 11.1 Å². The highest BCUT2D eigenvalue weighted by molar-refractivity contribution is 5.73. The van der Waals surface area contributed by atoms with Crippen LogP contribution in [-0.2, 0) is 7.05 Å². The van der Waals surface area contributed by atoms with Crippen LogP contribution in [0.4, 0.5) is 13.2 Å². The minimum atomic E-state index is -4.26. The SMILES string of the molecule is CNC(CC(F)(F)F)c1ccc2c(c1)oc(=O)n2C. The molecule has 104 valence electrons. The molecule has 0 saturated carbocycles. The molecule has 1 aromatic carbocycles. The zero-order valence-electron chi connectivity index (χ0n) is 10.4. The van der Waals surface area contributed by atoms with Gasteiger partial charge in [-0.2, -0.15) is 13.2 Å². The third-order valence-electron chi connectivity index (χ3n) is 3.00. The molecule has 2 aromatic rings. The van der Waals surface area contributed by atoms with Gasteiger partial charge < -0.3 is 9.73 Å². The molecule has 7 heteroatoms. The molecule has 0 amide bonds. The summed E-state index contributed by atoms with van der Waals surface area (Å²) in [5.74, 6) is -0.538. The summed E-state index contributed by atoms with van der Waals surface area (Å²) >= 11 is 0. The van der Waals surface area contributed by atoms with Crippen molar-refractivity contribution in [1.29, 1.82) is 0 Å². The molecule has 1 heterocycles. The Morgan fingerprint density at radius 2 is 2.11 bits per heavy atom. The van der Waals surface area contributed by atoms with Crippen molar-refractivity contribution < 1.29 is 17.6 Å². The van der Waals surface area contributed by atoms with E-state index in [4.69, 9.17) is 4.42 Å². The van der Waals surface area contributed by atoms with E-state index in [1.807, 2.05) is 0 Å². The average Bonchev–Trinajstić information content (AvgIpc) is 2.60. The number of aromatic nitrogens is 1. The van der Waals surface area contributed by atoms with Crippen LogP contribution in [0.15, 0.2) is 27.4 Å². The first kappa shape index (κ1) is 13.7. The summed E-state index contributed by atoms with van der Waals surface area (Å²) in [6.07, 6.45) is -5.24. The van der Waals surface area contributed by atoms with Gasteiger partial charge in [-0.05, 0) is 24.7 Å². The summed E-state index contributed by atoms with van der Waals surface area (Å²) in [5.41, 5.74) is 1.27.